The number of para-hydroxylation sites is 2. The third kappa shape index (κ3) is 4.50. The summed E-state index contributed by atoms with van der Waals surface area (Å²) in [4.78, 5) is 38.7. The summed E-state index contributed by atoms with van der Waals surface area (Å²) < 4.78 is 0. The highest BCUT2D eigenvalue weighted by atomic mass is 16.2. The minimum atomic E-state index is -0.400. The van der Waals surface area contributed by atoms with Crippen molar-refractivity contribution in [2.75, 3.05) is 29.9 Å². The molecule has 2 aromatic carbocycles. The van der Waals surface area contributed by atoms with Crippen LogP contribution in [-0.4, -0.2) is 41.9 Å². The second kappa shape index (κ2) is 8.71. The Morgan fingerprint density at radius 1 is 1.00 bits per heavy atom. The number of aryl methyl sites for hydroxylation is 1. The third-order valence-electron chi connectivity index (χ3n) is 5.56. The number of carbonyl (C=O) groups excluding carboxylic acids is 2. The Hall–Kier alpha value is -3.48. The van der Waals surface area contributed by atoms with E-state index in [1.54, 1.807) is 4.90 Å². The van der Waals surface area contributed by atoms with Gasteiger partial charge in [-0.25, -0.2) is 9.97 Å². The van der Waals surface area contributed by atoms with Gasteiger partial charge in [0.15, 0.2) is 11.6 Å². The van der Waals surface area contributed by atoms with Crippen LogP contribution in [0.3, 0.4) is 0 Å². The first-order valence-electron chi connectivity index (χ1n) is 10.5. The van der Waals surface area contributed by atoms with Crippen molar-refractivity contribution < 1.29 is 9.59 Å². The molecule has 0 radical (unpaired) electrons. The molecule has 2 amide bonds. The van der Waals surface area contributed by atoms with E-state index < -0.39 is 6.04 Å². The Bertz CT molecular complexity index is 1110. The van der Waals surface area contributed by atoms with E-state index in [4.69, 9.17) is 9.97 Å². The lowest BCUT2D eigenvalue weighted by atomic mass is 10.0. The number of anilines is 2. The normalized spacial score (nSPS) is 14.7. The largest absolute Gasteiger partial charge is 0.357 e. The molecule has 7 heteroatoms. The van der Waals surface area contributed by atoms with Gasteiger partial charge < -0.3 is 10.2 Å². The van der Waals surface area contributed by atoms with Crippen LogP contribution in [0.4, 0.5) is 11.6 Å². The summed E-state index contributed by atoms with van der Waals surface area (Å²) in [6.07, 6.45) is 0.965. The Kier molecular flexibility index (Phi) is 5.84. The quantitative estimate of drug-likeness (QED) is 0.704. The summed E-state index contributed by atoms with van der Waals surface area (Å²) in [5, 5.41) is 2.93. The van der Waals surface area contributed by atoms with Crippen LogP contribution >= 0.6 is 0 Å². The van der Waals surface area contributed by atoms with E-state index in [0.29, 0.717) is 18.2 Å². The van der Waals surface area contributed by atoms with Crippen LogP contribution < -0.4 is 15.1 Å². The van der Waals surface area contributed by atoms with Gasteiger partial charge in [-0.1, -0.05) is 42.0 Å². The van der Waals surface area contributed by atoms with E-state index in [0.717, 1.165) is 35.1 Å². The molecule has 0 fully saturated rings. The van der Waals surface area contributed by atoms with Gasteiger partial charge in [-0.2, -0.15) is 0 Å². The van der Waals surface area contributed by atoms with Gasteiger partial charge in [0, 0.05) is 27.1 Å². The molecule has 1 N–H and O–H groups in total. The van der Waals surface area contributed by atoms with Gasteiger partial charge >= 0.3 is 0 Å². The molecule has 160 valence electrons. The van der Waals surface area contributed by atoms with E-state index in [2.05, 4.69) is 5.32 Å². The van der Waals surface area contributed by atoms with Crippen molar-refractivity contribution in [1.82, 2.24) is 15.3 Å². The molecule has 3 aromatic rings. The molecular weight excluding hydrogens is 390 g/mol. The van der Waals surface area contributed by atoms with Gasteiger partial charge in [-0.15, -0.1) is 0 Å². The number of hydrogen-bond donors (Lipinski definition) is 1. The molecule has 1 atom stereocenters. The van der Waals surface area contributed by atoms with Gasteiger partial charge in [-0.3, -0.25) is 14.5 Å². The predicted octanol–water partition coefficient (Wildman–Crippen LogP) is 3.38. The molecule has 0 spiro atoms. The van der Waals surface area contributed by atoms with Crippen molar-refractivity contribution in [3.05, 3.63) is 59.7 Å². The molecule has 1 aliphatic rings. The Morgan fingerprint density at radius 3 is 2.29 bits per heavy atom. The lowest BCUT2D eigenvalue weighted by Gasteiger charge is -2.25. The molecule has 4 rings (SSSR count). The van der Waals surface area contributed by atoms with Crippen molar-refractivity contribution in [2.45, 2.75) is 32.7 Å². The fourth-order valence-electron chi connectivity index (χ4n) is 3.92. The highest BCUT2D eigenvalue weighted by Crippen LogP contribution is 2.31. The third-order valence-corrected chi connectivity index (χ3v) is 5.56. The summed E-state index contributed by atoms with van der Waals surface area (Å²) in [7, 11) is 1.97. The summed E-state index contributed by atoms with van der Waals surface area (Å²) in [5.74, 6) is 1.03. The zero-order valence-corrected chi connectivity index (χ0v) is 18.1. The smallest absolute Gasteiger partial charge is 0.230 e. The molecule has 7 nitrogen and oxygen atoms in total. The predicted molar refractivity (Wildman–Crippen MR) is 122 cm³/mol. The maximum absolute atomic E-state index is 13.5. The highest BCUT2D eigenvalue weighted by molar-refractivity contribution is 5.97. The number of benzene rings is 2. The second-order valence-electron chi connectivity index (χ2n) is 8.05. The number of rotatable bonds is 4. The summed E-state index contributed by atoms with van der Waals surface area (Å²) in [6, 6.07) is 15.2. The highest BCUT2D eigenvalue weighted by Gasteiger charge is 2.29. The number of nitrogens with zero attached hydrogens (tertiary/aromatic N) is 4. The van der Waals surface area contributed by atoms with Crippen molar-refractivity contribution >= 4 is 34.5 Å². The molecule has 0 unspecified atom stereocenters. The van der Waals surface area contributed by atoms with E-state index in [9.17, 15) is 9.59 Å². The van der Waals surface area contributed by atoms with Crippen LogP contribution in [0.2, 0.25) is 0 Å². The molecule has 1 aliphatic heterocycles. The van der Waals surface area contributed by atoms with Crippen LogP contribution in [0, 0.1) is 6.92 Å². The molecule has 1 aromatic heterocycles. The first-order chi connectivity index (χ1) is 14.9. The van der Waals surface area contributed by atoms with Gasteiger partial charge in [-0.05, 0) is 31.0 Å². The minimum absolute atomic E-state index is 0.0829. The molecule has 0 aliphatic carbocycles. The van der Waals surface area contributed by atoms with Gasteiger partial charge in [0.2, 0.25) is 11.8 Å². The summed E-state index contributed by atoms with van der Waals surface area (Å²) >= 11 is 0. The molecule has 0 saturated carbocycles. The average Bonchev–Trinajstić information content (AvgIpc) is 2.90. The number of amides is 2. The number of aromatic nitrogens is 2. The van der Waals surface area contributed by atoms with E-state index in [1.807, 2.05) is 67.4 Å². The van der Waals surface area contributed by atoms with Gasteiger partial charge in [0.25, 0.3) is 0 Å². The molecule has 31 heavy (non-hydrogen) atoms. The van der Waals surface area contributed by atoms with Crippen LogP contribution in [0.1, 0.15) is 36.9 Å². The zero-order valence-electron chi connectivity index (χ0n) is 18.1. The average molecular weight is 418 g/mol. The molecular formula is C24H27N5O2. The lowest BCUT2D eigenvalue weighted by Crippen LogP contribution is -2.37. The number of nitrogens with one attached hydrogen (secondary N) is 1. The lowest BCUT2D eigenvalue weighted by molar-refractivity contribution is -0.121. The van der Waals surface area contributed by atoms with Gasteiger partial charge in [0.1, 0.15) is 0 Å². The maximum atomic E-state index is 13.5. The van der Waals surface area contributed by atoms with Crippen LogP contribution in [0.5, 0.6) is 0 Å². The monoisotopic (exact) mass is 417 g/mol. The van der Waals surface area contributed by atoms with Crippen molar-refractivity contribution in [1.29, 1.82) is 0 Å². The first kappa shape index (κ1) is 20.8. The van der Waals surface area contributed by atoms with E-state index in [-0.39, 0.29) is 18.2 Å². The van der Waals surface area contributed by atoms with Gasteiger partial charge in [0.05, 0.1) is 23.5 Å². The Balaban J connectivity index is 1.68. The van der Waals surface area contributed by atoms with Crippen LogP contribution in [0.15, 0.2) is 48.5 Å². The molecule has 2 heterocycles. The van der Waals surface area contributed by atoms with Crippen molar-refractivity contribution in [2.24, 2.45) is 0 Å². The SMILES string of the molecule is CC(=O)N[C@H](CC(=O)N1CCCN(C)c2nc3ccccc3nc21)c1ccc(C)cc1. The minimum Gasteiger partial charge on any atom is -0.357 e. The fraction of sp³-hybridized carbons (Fsp3) is 0.333. The van der Waals surface area contributed by atoms with Crippen LogP contribution in [0.25, 0.3) is 11.0 Å². The Morgan fingerprint density at radius 2 is 1.65 bits per heavy atom. The van der Waals surface area contributed by atoms with Crippen molar-refractivity contribution in [3.8, 4) is 0 Å². The number of fused-ring (bicyclic) bond motifs is 2. The molecule has 0 bridgehead atoms. The summed E-state index contributed by atoms with van der Waals surface area (Å²) in [5.41, 5.74) is 3.60. The maximum Gasteiger partial charge on any atom is 0.230 e. The Labute approximate surface area is 182 Å². The standard InChI is InChI=1S/C24H27N5O2/c1-16-9-11-18(12-10-16)21(25-17(2)30)15-22(31)29-14-6-13-28(3)23-24(29)27-20-8-5-4-7-19(20)26-23/h4-5,7-12,21H,6,13-15H2,1-3H3,(H,25,30)/t21-/m1/s1. The van der Waals surface area contributed by atoms with Crippen LogP contribution in [-0.2, 0) is 9.59 Å². The first-order valence-corrected chi connectivity index (χ1v) is 10.5. The fourth-order valence-corrected chi connectivity index (χ4v) is 3.92. The summed E-state index contributed by atoms with van der Waals surface area (Å²) in [6.45, 7) is 4.83. The van der Waals surface area contributed by atoms with Crippen molar-refractivity contribution in [3.63, 3.8) is 0 Å². The topological polar surface area (TPSA) is 78.4 Å². The molecule has 0 saturated heterocycles. The zero-order chi connectivity index (χ0) is 22.0. The number of hydrogen-bond acceptors (Lipinski definition) is 5. The van der Waals surface area contributed by atoms with E-state index in [1.165, 1.54) is 6.92 Å². The second-order valence-corrected chi connectivity index (χ2v) is 8.05. The number of carbonyl (C=O) groups is 2. The van der Waals surface area contributed by atoms with E-state index >= 15 is 0 Å².